The van der Waals surface area contributed by atoms with Crippen LogP contribution < -0.4 is 0 Å². The minimum absolute atomic E-state index is 0.0671. The molecule has 0 aromatic carbocycles. The van der Waals surface area contributed by atoms with Gasteiger partial charge in [0.1, 0.15) is 12.2 Å². The zero-order valence-electron chi connectivity index (χ0n) is 10.9. The summed E-state index contributed by atoms with van der Waals surface area (Å²) in [6.45, 7) is 0.337. The summed E-state index contributed by atoms with van der Waals surface area (Å²) in [5.41, 5.74) is 0. The van der Waals surface area contributed by atoms with Crippen molar-refractivity contribution in [1.29, 1.82) is 0 Å². The number of hydrogen-bond donors (Lipinski definition) is 0. The lowest BCUT2D eigenvalue weighted by Gasteiger charge is -2.22. The highest BCUT2D eigenvalue weighted by Gasteiger charge is 2.22. The molecule has 0 saturated carbocycles. The van der Waals surface area contributed by atoms with E-state index in [0.29, 0.717) is 6.61 Å². The molecule has 2 atom stereocenters. The third-order valence-corrected chi connectivity index (χ3v) is 2.19. The third-order valence-electron chi connectivity index (χ3n) is 2.19. The Morgan fingerprint density at radius 1 is 1.06 bits per heavy atom. The van der Waals surface area contributed by atoms with Crippen LogP contribution in [0.4, 0.5) is 0 Å². The van der Waals surface area contributed by atoms with Gasteiger partial charge >= 0.3 is 5.97 Å². The molecule has 17 heavy (non-hydrogen) atoms. The van der Waals surface area contributed by atoms with Crippen molar-refractivity contribution in [3.05, 3.63) is 11.8 Å². The molecule has 0 radical (unpaired) electrons. The molecule has 0 spiro atoms. The van der Waals surface area contributed by atoms with Gasteiger partial charge in [-0.1, -0.05) is 0 Å². The summed E-state index contributed by atoms with van der Waals surface area (Å²) in [6, 6.07) is 0. The summed E-state index contributed by atoms with van der Waals surface area (Å²) in [5, 5.41) is 0. The Morgan fingerprint density at radius 2 is 1.71 bits per heavy atom. The quantitative estimate of drug-likeness (QED) is 0.351. The minimum Gasteiger partial charge on any atom is -0.490 e. The van der Waals surface area contributed by atoms with E-state index in [9.17, 15) is 4.79 Å². The molecule has 0 aliphatic rings. The summed E-state index contributed by atoms with van der Waals surface area (Å²) in [7, 11) is 7.26. The van der Waals surface area contributed by atoms with Crippen LogP contribution in [-0.2, 0) is 28.5 Å². The van der Waals surface area contributed by atoms with E-state index in [2.05, 4.69) is 4.74 Å². The number of carbonyl (C=O) groups is 1. The van der Waals surface area contributed by atoms with Gasteiger partial charge in [-0.2, -0.15) is 0 Å². The molecule has 0 aliphatic carbocycles. The summed E-state index contributed by atoms with van der Waals surface area (Å²) < 4.78 is 24.9. The first-order valence-electron chi connectivity index (χ1n) is 5.03. The molecule has 0 heterocycles. The van der Waals surface area contributed by atoms with Gasteiger partial charge in [0.25, 0.3) is 0 Å². The van der Waals surface area contributed by atoms with E-state index >= 15 is 0 Å². The Balaban J connectivity index is 4.83. The molecule has 0 amide bonds. The Bertz CT molecular complexity index is 250. The molecular weight excluding hydrogens is 228 g/mol. The maximum atomic E-state index is 11.3. The fraction of sp³-hybridized carbons (Fsp3) is 0.727. The molecule has 0 saturated heterocycles. The SMILES string of the molecule is COC[C@@H](OC)[C@H](/C=C(/OC)C(=O)OC)OC. The van der Waals surface area contributed by atoms with E-state index in [4.69, 9.17) is 18.9 Å². The van der Waals surface area contributed by atoms with E-state index in [-0.39, 0.29) is 11.9 Å². The second-order valence-corrected chi connectivity index (χ2v) is 3.16. The Morgan fingerprint density at radius 3 is 2.06 bits per heavy atom. The molecular formula is C11H20O6. The van der Waals surface area contributed by atoms with Crippen molar-refractivity contribution in [3.8, 4) is 0 Å². The van der Waals surface area contributed by atoms with Crippen molar-refractivity contribution in [2.75, 3.05) is 42.2 Å². The Labute approximate surface area is 101 Å². The summed E-state index contributed by atoms with van der Waals surface area (Å²) in [6.07, 6.45) is 0.702. The topological polar surface area (TPSA) is 63.2 Å². The standard InChI is InChI=1S/C11H20O6/c1-13-7-10(16-4)8(14-2)6-9(15-3)11(12)17-5/h6,8,10H,7H2,1-5H3/b9-6+/t8-,10+/m0/s1. The number of rotatable bonds is 8. The van der Waals surface area contributed by atoms with Gasteiger partial charge in [-0.3, -0.25) is 0 Å². The fourth-order valence-corrected chi connectivity index (χ4v) is 1.26. The van der Waals surface area contributed by atoms with Gasteiger partial charge < -0.3 is 23.7 Å². The third kappa shape index (κ3) is 5.16. The second-order valence-electron chi connectivity index (χ2n) is 3.16. The molecule has 6 nitrogen and oxygen atoms in total. The molecule has 0 fully saturated rings. The van der Waals surface area contributed by atoms with Crippen LogP contribution in [0, 0.1) is 0 Å². The largest absolute Gasteiger partial charge is 0.490 e. The van der Waals surface area contributed by atoms with E-state index < -0.39 is 12.1 Å². The normalized spacial score (nSPS) is 15.2. The molecule has 0 unspecified atom stereocenters. The summed E-state index contributed by atoms with van der Waals surface area (Å²) >= 11 is 0. The zero-order valence-corrected chi connectivity index (χ0v) is 10.9. The van der Waals surface area contributed by atoms with Crippen molar-refractivity contribution in [3.63, 3.8) is 0 Å². The van der Waals surface area contributed by atoms with Gasteiger partial charge in [-0.05, 0) is 6.08 Å². The summed E-state index contributed by atoms with van der Waals surface area (Å²) in [5.74, 6) is -0.501. The molecule has 0 N–H and O–H groups in total. The van der Waals surface area contributed by atoms with Gasteiger partial charge in [0.05, 0.1) is 20.8 Å². The van der Waals surface area contributed by atoms with Gasteiger partial charge in [0.2, 0.25) is 5.76 Å². The number of carbonyl (C=O) groups excluding carboxylic acids is 1. The summed E-state index contributed by atoms with van der Waals surface area (Å²) in [4.78, 5) is 11.3. The molecule has 100 valence electrons. The van der Waals surface area contributed by atoms with Crippen LogP contribution in [0.3, 0.4) is 0 Å². The monoisotopic (exact) mass is 248 g/mol. The van der Waals surface area contributed by atoms with E-state index in [1.165, 1.54) is 34.5 Å². The van der Waals surface area contributed by atoms with Gasteiger partial charge in [0.15, 0.2) is 0 Å². The van der Waals surface area contributed by atoms with Crippen molar-refractivity contribution >= 4 is 5.97 Å². The van der Waals surface area contributed by atoms with E-state index in [1.54, 1.807) is 7.11 Å². The van der Waals surface area contributed by atoms with Crippen LogP contribution in [0.1, 0.15) is 0 Å². The highest BCUT2D eigenvalue weighted by molar-refractivity contribution is 5.86. The maximum Gasteiger partial charge on any atom is 0.373 e. The number of esters is 1. The van der Waals surface area contributed by atoms with Crippen molar-refractivity contribution in [2.24, 2.45) is 0 Å². The lowest BCUT2D eigenvalue weighted by molar-refractivity contribution is -0.139. The Kier molecular flexibility index (Phi) is 8.39. The van der Waals surface area contributed by atoms with Crippen molar-refractivity contribution in [2.45, 2.75) is 12.2 Å². The van der Waals surface area contributed by atoms with Crippen LogP contribution in [-0.4, -0.2) is 60.3 Å². The molecule has 6 heteroatoms. The molecule has 0 aromatic heterocycles. The van der Waals surface area contributed by atoms with E-state index in [0.717, 1.165) is 0 Å². The minimum atomic E-state index is -0.568. The van der Waals surface area contributed by atoms with Crippen LogP contribution in [0.5, 0.6) is 0 Å². The first-order valence-corrected chi connectivity index (χ1v) is 5.03. The highest BCUT2D eigenvalue weighted by Crippen LogP contribution is 2.10. The maximum absolute atomic E-state index is 11.3. The van der Waals surface area contributed by atoms with Crippen molar-refractivity contribution < 1.29 is 28.5 Å². The van der Waals surface area contributed by atoms with Crippen LogP contribution in [0.2, 0.25) is 0 Å². The molecule has 0 aromatic rings. The average molecular weight is 248 g/mol. The van der Waals surface area contributed by atoms with Crippen LogP contribution >= 0.6 is 0 Å². The number of methoxy groups -OCH3 is 5. The van der Waals surface area contributed by atoms with Crippen molar-refractivity contribution in [1.82, 2.24) is 0 Å². The molecule has 0 bridgehead atoms. The van der Waals surface area contributed by atoms with Gasteiger partial charge in [-0.25, -0.2) is 4.79 Å². The molecule has 0 rings (SSSR count). The lowest BCUT2D eigenvalue weighted by Crippen LogP contribution is -2.33. The Hall–Kier alpha value is -1.11. The predicted octanol–water partition coefficient (Wildman–Crippen LogP) is 0.366. The van der Waals surface area contributed by atoms with Gasteiger partial charge in [0, 0.05) is 21.3 Å². The van der Waals surface area contributed by atoms with Crippen LogP contribution in [0.25, 0.3) is 0 Å². The first-order chi connectivity index (χ1) is 8.14. The van der Waals surface area contributed by atoms with E-state index in [1.807, 2.05) is 0 Å². The fourth-order valence-electron chi connectivity index (χ4n) is 1.26. The average Bonchev–Trinajstić information content (AvgIpc) is 2.37. The second kappa shape index (κ2) is 8.98. The predicted molar refractivity (Wildman–Crippen MR) is 60.6 cm³/mol. The highest BCUT2D eigenvalue weighted by atomic mass is 16.6. The first kappa shape index (κ1) is 15.9. The smallest absolute Gasteiger partial charge is 0.373 e. The lowest BCUT2D eigenvalue weighted by atomic mass is 10.2. The molecule has 0 aliphatic heterocycles. The number of ether oxygens (including phenoxy) is 5. The van der Waals surface area contributed by atoms with Gasteiger partial charge in [-0.15, -0.1) is 0 Å². The number of hydrogen-bond acceptors (Lipinski definition) is 6. The van der Waals surface area contributed by atoms with Crippen LogP contribution in [0.15, 0.2) is 11.8 Å². The zero-order chi connectivity index (χ0) is 13.3.